The van der Waals surface area contributed by atoms with E-state index in [1.54, 1.807) is 13.0 Å². The summed E-state index contributed by atoms with van der Waals surface area (Å²) in [4.78, 5) is 0.0472. The molecule has 0 aromatic heterocycles. The summed E-state index contributed by atoms with van der Waals surface area (Å²) in [5.74, 6) is 0.306. The maximum absolute atomic E-state index is 12.4. The molecule has 4 nitrogen and oxygen atoms in total. The second kappa shape index (κ2) is 6.47. The first-order chi connectivity index (χ1) is 9.94. The molecule has 112 valence electrons. The van der Waals surface area contributed by atoms with Crippen LogP contribution in [0.25, 0.3) is 0 Å². The minimum absolute atomic E-state index is 0.0472. The first-order valence-electron chi connectivity index (χ1n) is 6.32. The number of benzene rings is 2. The second-order valence-electron chi connectivity index (χ2n) is 4.56. The molecule has 0 aliphatic heterocycles. The molecule has 0 saturated heterocycles. The Morgan fingerprint density at radius 3 is 2.48 bits per heavy atom. The minimum atomic E-state index is -3.71. The quantitative estimate of drug-likeness (QED) is 0.918. The Morgan fingerprint density at radius 1 is 1.19 bits per heavy atom. The molecule has 0 radical (unpaired) electrons. The van der Waals surface area contributed by atoms with Gasteiger partial charge in [-0.25, -0.2) is 13.1 Å². The molecule has 0 atom stereocenters. The first-order valence-corrected chi connectivity index (χ1v) is 8.18. The zero-order chi connectivity index (χ0) is 15.5. The Kier molecular flexibility index (Phi) is 4.88. The number of hydrogen-bond donors (Lipinski definition) is 1. The van der Waals surface area contributed by atoms with Gasteiger partial charge < -0.3 is 4.74 Å². The van der Waals surface area contributed by atoms with Crippen molar-refractivity contribution < 1.29 is 13.2 Å². The van der Waals surface area contributed by atoms with E-state index in [0.717, 1.165) is 5.56 Å². The predicted octanol–water partition coefficient (Wildman–Crippen LogP) is 3.14. The van der Waals surface area contributed by atoms with Gasteiger partial charge >= 0.3 is 0 Å². The Labute approximate surface area is 129 Å². The van der Waals surface area contributed by atoms with Gasteiger partial charge in [0.05, 0.1) is 7.11 Å². The summed E-state index contributed by atoms with van der Waals surface area (Å²) >= 11 is 5.95. The average molecular weight is 326 g/mol. The van der Waals surface area contributed by atoms with Crippen molar-refractivity contribution in [1.82, 2.24) is 4.72 Å². The molecule has 0 aliphatic carbocycles. The molecule has 2 rings (SSSR count). The third-order valence-electron chi connectivity index (χ3n) is 3.01. The van der Waals surface area contributed by atoms with Gasteiger partial charge in [0.1, 0.15) is 10.6 Å². The number of aryl methyl sites for hydroxylation is 1. The molecule has 0 bridgehead atoms. The Morgan fingerprint density at radius 2 is 1.86 bits per heavy atom. The van der Waals surface area contributed by atoms with Crippen molar-refractivity contribution in [1.29, 1.82) is 0 Å². The summed E-state index contributed by atoms with van der Waals surface area (Å²) in [6, 6.07) is 12.3. The fourth-order valence-electron chi connectivity index (χ4n) is 2.01. The zero-order valence-electron chi connectivity index (χ0n) is 11.8. The molecule has 0 amide bonds. The van der Waals surface area contributed by atoms with E-state index >= 15 is 0 Å². The number of sulfonamides is 1. The number of halogens is 1. The van der Waals surface area contributed by atoms with Crippen LogP contribution in [0.2, 0.25) is 5.02 Å². The molecule has 2 aromatic carbocycles. The van der Waals surface area contributed by atoms with E-state index in [1.165, 1.54) is 13.2 Å². The van der Waals surface area contributed by atoms with Gasteiger partial charge in [-0.2, -0.15) is 0 Å². The summed E-state index contributed by atoms with van der Waals surface area (Å²) < 4.78 is 32.6. The Hall–Kier alpha value is -1.56. The average Bonchev–Trinajstić information content (AvgIpc) is 2.46. The molecule has 2 aromatic rings. The van der Waals surface area contributed by atoms with Gasteiger partial charge in [-0.15, -0.1) is 0 Å². The SMILES string of the molecule is COc1c(C)cc(Cl)cc1S(=O)(=O)NCc1ccccc1. The van der Waals surface area contributed by atoms with E-state index in [0.29, 0.717) is 16.3 Å². The lowest BCUT2D eigenvalue weighted by molar-refractivity contribution is 0.399. The number of nitrogens with one attached hydrogen (secondary N) is 1. The van der Waals surface area contributed by atoms with Crippen LogP contribution in [0.15, 0.2) is 47.4 Å². The molecule has 0 spiro atoms. The highest BCUT2D eigenvalue weighted by Gasteiger charge is 2.21. The number of ether oxygens (including phenoxy) is 1. The van der Waals surface area contributed by atoms with Crippen molar-refractivity contribution in [2.45, 2.75) is 18.4 Å². The highest BCUT2D eigenvalue weighted by Crippen LogP contribution is 2.31. The van der Waals surface area contributed by atoms with E-state index in [9.17, 15) is 8.42 Å². The maximum atomic E-state index is 12.4. The van der Waals surface area contributed by atoms with Gasteiger partial charge in [0.25, 0.3) is 0 Å². The first kappa shape index (κ1) is 15.8. The normalized spacial score (nSPS) is 11.4. The molecular formula is C15H16ClNO3S. The van der Waals surface area contributed by atoms with Gasteiger partial charge in [-0.3, -0.25) is 0 Å². The molecule has 0 aliphatic rings. The van der Waals surface area contributed by atoms with Crippen LogP contribution in [0.1, 0.15) is 11.1 Å². The van der Waals surface area contributed by atoms with E-state index in [1.807, 2.05) is 30.3 Å². The lowest BCUT2D eigenvalue weighted by Gasteiger charge is -2.13. The molecular weight excluding hydrogens is 310 g/mol. The molecule has 6 heteroatoms. The molecule has 0 unspecified atom stereocenters. The van der Waals surface area contributed by atoms with Crippen LogP contribution in [-0.4, -0.2) is 15.5 Å². The van der Waals surface area contributed by atoms with Crippen molar-refractivity contribution in [3.8, 4) is 5.75 Å². The number of rotatable bonds is 5. The maximum Gasteiger partial charge on any atom is 0.244 e. The smallest absolute Gasteiger partial charge is 0.244 e. The molecule has 0 fully saturated rings. The molecule has 21 heavy (non-hydrogen) atoms. The van der Waals surface area contributed by atoms with Crippen LogP contribution in [0.5, 0.6) is 5.75 Å². The van der Waals surface area contributed by atoms with Crippen LogP contribution in [0.4, 0.5) is 0 Å². The molecule has 0 heterocycles. The third kappa shape index (κ3) is 3.75. The summed E-state index contributed by atoms with van der Waals surface area (Å²) in [5, 5.41) is 0.355. The van der Waals surface area contributed by atoms with Gasteiger partial charge in [0, 0.05) is 11.6 Å². The standard InChI is InChI=1S/C15H16ClNO3S/c1-11-8-13(16)9-14(15(11)20-2)21(18,19)17-10-12-6-4-3-5-7-12/h3-9,17H,10H2,1-2H3. The van der Waals surface area contributed by atoms with E-state index in [2.05, 4.69) is 4.72 Å². The van der Waals surface area contributed by atoms with E-state index in [-0.39, 0.29) is 11.4 Å². The van der Waals surface area contributed by atoms with Gasteiger partial charge in [0.15, 0.2) is 0 Å². The largest absolute Gasteiger partial charge is 0.495 e. The van der Waals surface area contributed by atoms with E-state index in [4.69, 9.17) is 16.3 Å². The topological polar surface area (TPSA) is 55.4 Å². The van der Waals surface area contributed by atoms with Gasteiger partial charge in [-0.05, 0) is 30.2 Å². The van der Waals surface area contributed by atoms with Crippen molar-refractivity contribution in [2.24, 2.45) is 0 Å². The molecule has 1 N–H and O–H groups in total. The fraction of sp³-hybridized carbons (Fsp3) is 0.200. The molecule has 0 saturated carbocycles. The summed E-state index contributed by atoms with van der Waals surface area (Å²) in [5.41, 5.74) is 1.55. The minimum Gasteiger partial charge on any atom is -0.495 e. The summed E-state index contributed by atoms with van der Waals surface area (Å²) in [7, 11) is -2.27. The lowest BCUT2D eigenvalue weighted by Crippen LogP contribution is -2.24. The van der Waals surface area contributed by atoms with Crippen LogP contribution in [-0.2, 0) is 16.6 Å². The second-order valence-corrected chi connectivity index (χ2v) is 6.74. The third-order valence-corrected chi connectivity index (χ3v) is 4.63. The zero-order valence-corrected chi connectivity index (χ0v) is 13.3. The van der Waals surface area contributed by atoms with Crippen molar-refractivity contribution in [3.63, 3.8) is 0 Å². The fourth-order valence-corrected chi connectivity index (χ4v) is 3.63. The van der Waals surface area contributed by atoms with Crippen molar-refractivity contribution in [3.05, 3.63) is 58.6 Å². The monoisotopic (exact) mass is 325 g/mol. The van der Waals surface area contributed by atoms with Crippen LogP contribution >= 0.6 is 11.6 Å². The predicted molar refractivity (Wildman–Crippen MR) is 83.2 cm³/mol. The van der Waals surface area contributed by atoms with Crippen molar-refractivity contribution in [2.75, 3.05) is 7.11 Å². The van der Waals surface area contributed by atoms with Crippen LogP contribution in [0, 0.1) is 6.92 Å². The van der Waals surface area contributed by atoms with Crippen molar-refractivity contribution >= 4 is 21.6 Å². The summed E-state index contributed by atoms with van der Waals surface area (Å²) in [6.07, 6.45) is 0. The number of methoxy groups -OCH3 is 1. The lowest BCUT2D eigenvalue weighted by atomic mass is 10.2. The van der Waals surface area contributed by atoms with Crippen LogP contribution < -0.4 is 9.46 Å². The van der Waals surface area contributed by atoms with Gasteiger partial charge in [0.2, 0.25) is 10.0 Å². The Bertz CT molecular complexity index is 730. The van der Waals surface area contributed by atoms with E-state index < -0.39 is 10.0 Å². The summed E-state index contributed by atoms with van der Waals surface area (Å²) in [6.45, 7) is 1.96. The highest BCUT2D eigenvalue weighted by molar-refractivity contribution is 7.89. The van der Waals surface area contributed by atoms with Crippen LogP contribution in [0.3, 0.4) is 0 Å². The highest BCUT2D eigenvalue weighted by atomic mass is 35.5. The Balaban J connectivity index is 2.32. The number of hydrogen-bond acceptors (Lipinski definition) is 3. The van der Waals surface area contributed by atoms with Gasteiger partial charge in [-0.1, -0.05) is 41.9 Å².